The molecule has 2 aromatic carbocycles. The molecule has 0 spiro atoms. The molecule has 0 radical (unpaired) electrons. The Morgan fingerprint density at radius 2 is 1.60 bits per heavy atom. The Kier molecular flexibility index (Phi) is 8.25. The number of anilines is 1. The zero-order valence-electron chi connectivity index (χ0n) is 16.8. The number of aryl methyl sites for hydroxylation is 1. The maximum absolute atomic E-state index is 12.2. The number of sulfonamides is 1. The summed E-state index contributed by atoms with van der Waals surface area (Å²) in [6, 6.07) is 12.6. The van der Waals surface area contributed by atoms with E-state index in [1.807, 2.05) is 19.1 Å². The van der Waals surface area contributed by atoms with E-state index in [9.17, 15) is 22.8 Å². The molecule has 160 valence electrons. The van der Waals surface area contributed by atoms with Crippen LogP contribution in [0.3, 0.4) is 0 Å². The smallest absolute Gasteiger partial charge is 0.307 e. The Hall–Kier alpha value is -3.04. The predicted molar refractivity (Wildman–Crippen MR) is 112 cm³/mol. The number of hydrogen-bond acceptors (Lipinski definition) is 6. The van der Waals surface area contributed by atoms with E-state index in [0.29, 0.717) is 11.3 Å². The van der Waals surface area contributed by atoms with Crippen molar-refractivity contribution in [2.24, 2.45) is 0 Å². The van der Waals surface area contributed by atoms with E-state index in [1.54, 1.807) is 12.1 Å². The molecule has 2 aromatic rings. The van der Waals surface area contributed by atoms with E-state index < -0.39 is 22.6 Å². The Labute approximate surface area is 175 Å². The average Bonchev–Trinajstić information content (AvgIpc) is 2.72. The number of hydrogen-bond donors (Lipinski definition) is 2. The number of rotatable bonds is 10. The summed E-state index contributed by atoms with van der Waals surface area (Å²) in [4.78, 5) is 34.8. The van der Waals surface area contributed by atoms with Gasteiger partial charge < -0.3 is 10.1 Å². The number of carbonyl (C=O) groups excluding carboxylic acids is 3. The molecule has 8 nitrogen and oxygen atoms in total. The van der Waals surface area contributed by atoms with Crippen LogP contribution in [0.25, 0.3) is 0 Å². The third-order valence-corrected chi connectivity index (χ3v) is 5.63. The monoisotopic (exact) mass is 432 g/mol. The van der Waals surface area contributed by atoms with Crippen molar-refractivity contribution in [3.05, 3.63) is 59.7 Å². The Balaban J connectivity index is 1.78. The molecule has 0 saturated heterocycles. The molecule has 0 fully saturated rings. The highest BCUT2D eigenvalue weighted by atomic mass is 32.2. The highest BCUT2D eigenvalue weighted by Gasteiger charge is 2.15. The molecule has 0 unspecified atom stereocenters. The minimum absolute atomic E-state index is 0.00401. The van der Waals surface area contributed by atoms with Crippen LogP contribution >= 0.6 is 0 Å². The molecule has 0 aliphatic carbocycles. The van der Waals surface area contributed by atoms with E-state index in [2.05, 4.69) is 10.0 Å². The molecule has 0 aromatic heterocycles. The lowest BCUT2D eigenvalue weighted by atomic mass is 10.1. The van der Waals surface area contributed by atoms with Gasteiger partial charge in [-0.15, -0.1) is 0 Å². The number of ketones is 1. The van der Waals surface area contributed by atoms with Crippen molar-refractivity contribution in [1.29, 1.82) is 0 Å². The van der Waals surface area contributed by atoms with Gasteiger partial charge in [0.25, 0.3) is 0 Å². The van der Waals surface area contributed by atoms with E-state index in [-0.39, 0.29) is 29.6 Å². The molecule has 2 rings (SSSR count). The molecule has 0 aliphatic heterocycles. The zero-order valence-corrected chi connectivity index (χ0v) is 17.6. The Morgan fingerprint density at radius 1 is 0.967 bits per heavy atom. The van der Waals surface area contributed by atoms with E-state index >= 15 is 0 Å². The molecule has 0 atom stereocenters. The van der Waals surface area contributed by atoms with Gasteiger partial charge in [-0.2, -0.15) is 0 Å². The van der Waals surface area contributed by atoms with E-state index in [1.165, 1.54) is 31.2 Å². The minimum atomic E-state index is -3.82. The summed E-state index contributed by atoms with van der Waals surface area (Å²) in [5, 5.41) is 2.54. The minimum Gasteiger partial charge on any atom is -0.457 e. The highest BCUT2D eigenvalue weighted by molar-refractivity contribution is 7.89. The van der Waals surface area contributed by atoms with Crippen LogP contribution in [0.2, 0.25) is 0 Å². The number of ether oxygens (including phenoxy) is 1. The maximum atomic E-state index is 12.2. The second-order valence-electron chi connectivity index (χ2n) is 6.49. The first-order valence-electron chi connectivity index (χ1n) is 9.36. The van der Waals surface area contributed by atoms with Crippen molar-refractivity contribution in [3.8, 4) is 0 Å². The number of amides is 1. The van der Waals surface area contributed by atoms with Gasteiger partial charge in [-0.3, -0.25) is 14.4 Å². The Bertz CT molecular complexity index is 999. The third kappa shape index (κ3) is 7.09. The summed E-state index contributed by atoms with van der Waals surface area (Å²) in [5.74, 6) is -1.28. The molecule has 9 heteroatoms. The van der Waals surface area contributed by atoms with Gasteiger partial charge in [-0.1, -0.05) is 31.2 Å². The summed E-state index contributed by atoms with van der Waals surface area (Å²) in [6.07, 6.45) is 0.643. The summed E-state index contributed by atoms with van der Waals surface area (Å²) in [5.41, 5.74) is 2.02. The number of nitrogens with one attached hydrogen (secondary N) is 2. The first kappa shape index (κ1) is 23.2. The van der Waals surface area contributed by atoms with Gasteiger partial charge in [0, 0.05) is 24.7 Å². The van der Waals surface area contributed by atoms with Crippen molar-refractivity contribution in [2.45, 2.75) is 31.6 Å². The van der Waals surface area contributed by atoms with Crippen LogP contribution in [0.1, 0.15) is 36.2 Å². The van der Waals surface area contributed by atoms with Crippen LogP contribution in [0.4, 0.5) is 5.69 Å². The summed E-state index contributed by atoms with van der Waals surface area (Å²) >= 11 is 0. The van der Waals surface area contributed by atoms with Crippen molar-refractivity contribution in [1.82, 2.24) is 4.72 Å². The van der Waals surface area contributed by atoms with E-state index in [0.717, 1.165) is 12.0 Å². The maximum Gasteiger partial charge on any atom is 0.307 e. The van der Waals surface area contributed by atoms with Crippen LogP contribution in [0.15, 0.2) is 53.4 Å². The third-order valence-electron chi connectivity index (χ3n) is 4.15. The topological polar surface area (TPSA) is 119 Å². The molecule has 0 aliphatic rings. The zero-order chi connectivity index (χ0) is 22.1. The predicted octanol–water partition coefficient (Wildman–Crippen LogP) is 2.30. The van der Waals surface area contributed by atoms with Crippen LogP contribution in [-0.2, 0) is 30.8 Å². The largest absolute Gasteiger partial charge is 0.457 e. The SMILES string of the molecule is CCc1ccc(C(=O)COC(=O)CCNS(=O)(=O)c2ccc(NC(C)=O)cc2)cc1. The lowest BCUT2D eigenvalue weighted by Gasteiger charge is -2.08. The van der Waals surface area contributed by atoms with E-state index in [4.69, 9.17) is 4.74 Å². The van der Waals surface area contributed by atoms with Crippen molar-refractivity contribution >= 4 is 33.4 Å². The van der Waals surface area contributed by atoms with Crippen molar-refractivity contribution in [2.75, 3.05) is 18.5 Å². The second kappa shape index (κ2) is 10.7. The lowest BCUT2D eigenvalue weighted by Crippen LogP contribution is -2.27. The number of benzene rings is 2. The van der Waals surface area contributed by atoms with Crippen molar-refractivity contribution in [3.63, 3.8) is 0 Å². The lowest BCUT2D eigenvalue weighted by molar-refractivity contribution is -0.142. The van der Waals surface area contributed by atoms with Gasteiger partial charge in [0.1, 0.15) is 0 Å². The normalized spacial score (nSPS) is 11.0. The fourth-order valence-corrected chi connectivity index (χ4v) is 3.55. The average molecular weight is 432 g/mol. The summed E-state index contributed by atoms with van der Waals surface area (Å²) in [6.45, 7) is 2.78. The molecule has 1 amide bonds. The first-order valence-corrected chi connectivity index (χ1v) is 10.8. The standard InChI is InChI=1S/C21H24N2O6S/c1-3-16-4-6-17(7-5-16)20(25)14-29-21(26)12-13-22-30(27,28)19-10-8-18(9-11-19)23-15(2)24/h4-11,22H,3,12-14H2,1-2H3,(H,23,24). The van der Waals surface area contributed by atoms with Crippen LogP contribution in [-0.4, -0.2) is 39.2 Å². The van der Waals surface area contributed by atoms with Crippen LogP contribution < -0.4 is 10.0 Å². The quantitative estimate of drug-likeness (QED) is 0.439. The van der Waals surface area contributed by atoms with Crippen molar-refractivity contribution < 1.29 is 27.5 Å². The van der Waals surface area contributed by atoms with Crippen LogP contribution in [0, 0.1) is 0 Å². The van der Waals surface area contributed by atoms with Gasteiger partial charge in [-0.25, -0.2) is 13.1 Å². The summed E-state index contributed by atoms with van der Waals surface area (Å²) in [7, 11) is -3.82. The number of esters is 1. The molecule has 30 heavy (non-hydrogen) atoms. The molecule has 0 saturated carbocycles. The highest BCUT2D eigenvalue weighted by Crippen LogP contribution is 2.14. The second-order valence-corrected chi connectivity index (χ2v) is 8.25. The van der Waals surface area contributed by atoms with Gasteiger partial charge in [0.15, 0.2) is 12.4 Å². The van der Waals surface area contributed by atoms with Gasteiger partial charge in [0.2, 0.25) is 15.9 Å². The van der Waals surface area contributed by atoms with Gasteiger partial charge in [0.05, 0.1) is 11.3 Å². The molecule has 2 N–H and O–H groups in total. The molecular formula is C21H24N2O6S. The fourth-order valence-electron chi connectivity index (χ4n) is 2.52. The molecule has 0 heterocycles. The van der Waals surface area contributed by atoms with Gasteiger partial charge in [-0.05, 0) is 36.2 Å². The molecular weight excluding hydrogens is 408 g/mol. The summed E-state index contributed by atoms with van der Waals surface area (Å²) < 4.78 is 31.7. The molecule has 0 bridgehead atoms. The Morgan fingerprint density at radius 3 is 2.17 bits per heavy atom. The van der Waals surface area contributed by atoms with Crippen LogP contribution in [0.5, 0.6) is 0 Å². The number of carbonyl (C=O) groups is 3. The fraction of sp³-hybridized carbons (Fsp3) is 0.286. The first-order chi connectivity index (χ1) is 14.2. The van der Waals surface area contributed by atoms with Gasteiger partial charge >= 0.3 is 5.97 Å². The number of Topliss-reactive ketones (excluding diaryl/α,β-unsaturated/α-hetero) is 1.